The summed E-state index contributed by atoms with van der Waals surface area (Å²) >= 11 is 0. The van der Waals surface area contributed by atoms with Crippen molar-refractivity contribution < 1.29 is 14.3 Å². The molecule has 0 saturated heterocycles. The average Bonchev–Trinajstić information content (AvgIpc) is 3.11. The second-order valence-corrected chi connectivity index (χ2v) is 12.7. The van der Waals surface area contributed by atoms with E-state index in [-0.39, 0.29) is 6.10 Å². The Morgan fingerprint density at radius 1 is 1.06 bits per heavy atom. The smallest absolute Gasteiger partial charge is 0.438 e. The molecule has 0 aromatic carbocycles. The van der Waals surface area contributed by atoms with Crippen LogP contribution in [-0.2, 0) is 9.47 Å². The zero-order valence-corrected chi connectivity index (χ0v) is 21.6. The van der Waals surface area contributed by atoms with Crippen molar-refractivity contribution in [1.29, 1.82) is 0 Å². The summed E-state index contributed by atoms with van der Waals surface area (Å²) in [6.07, 6.45) is 16.2. The van der Waals surface area contributed by atoms with Crippen molar-refractivity contribution in [2.75, 3.05) is 7.11 Å². The molecule has 32 heavy (non-hydrogen) atoms. The van der Waals surface area contributed by atoms with Crippen LogP contribution in [0.25, 0.3) is 0 Å². The van der Waals surface area contributed by atoms with Crippen LogP contribution in [0, 0.1) is 46.3 Å². The number of allylic oxidation sites excluding steroid dienone is 1. The highest BCUT2D eigenvalue weighted by molar-refractivity contribution is 5.59. The van der Waals surface area contributed by atoms with Crippen molar-refractivity contribution in [1.82, 2.24) is 0 Å². The van der Waals surface area contributed by atoms with Gasteiger partial charge in [0.1, 0.15) is 6.10 Å². The van der Waals surface area contributed by atoms with E-state index in [1.54, 1.807) is 5.57 Å². The average molecular weight is 445 g/mol. The predicted molar refractivity (Wildman–Crippen MR) is 130 cm³/mol. The summed E-state index contributed by atoms with van der Waals surface area (Å²) < 4.78 is 10.3. The minimum Gasteiger partial charge on any atom is -0.438 e. The van der Waals surface area contributed by atoms with E-state index >= 15 is 0 Å². The van der Waals surface area contributed by atoms with Crippen molar-refractivity contribution in [3.05, 3.63) is 11.6 Å². The van der Waals surface area contributed by atoms with Crippen LogP contribution in [0.3, 0.4) is 0 Å². The summed E-state index contributed by atoms with van der Waals surface area (Å²) in [4.78, 5) is 11.6. The molecule has 4 unspecified atom stereocenters. The molecule has 4 aliphatic rings. The van der Waals surface area contributed by atoms with Gasteiger partial charge in [-0.2, -0.15) is 0 Å². The zero-order valence-electron chi connectivity index (χ0n) is 21.6. The third-order valence-electron chi connectivity index (χ3n) is 10.7. The highest BCUT2D eigenvalue weighted by atomic mass is 16.7. The van der Waals surface area contributed by atoms with Gasteiger partial charge >= 0.3 is 6.16 Å². The van der Waals surface area contributed by atoms with E-state index in [4.69, 9.17) is 9.47 Å². The summed E-state index contributed by atoms with van der Waals surface area (Å²) in [5.74, 6) is 5.20. The van der Waals surface area contributed by atoms with Crippen LogP contribution in [0.15, 0.2) is 11.6 Å². The Morgan fingerprint density at radius 2 is 1.84 bits per heavy atom. The Labute approximate surface area is 197 Å². The molecule has 0 spiro atoms. The van der Waals surface area contributed by atoms with Crippen molar-refractivity contribution in [3.63, 3.8) is 0 Å². The van der Waals surface area contributed by atoms with Gasteiger partial charge in [-0.15, -0.1) is 0 Å². The minimum absolute atomic E-state index is 0.00488. The Morgan fingerprint density at radius 3 is 2.56 bits per heavy atom. The highest BCUT2D eigenvalue weighted by Gasteiger charge is 2.59. The van der Waals surface area contributed by atoms with E-state index < -0.39 is 6.16 Å². The predicted octanol–water partition coefficient (Wildman–Crippen LogP) is 8.18. The standard InChI is InChI=1S/C29H48O3/c1-19(2)8-7-9-20(3)24-12-13-25-23-11-10-21-18-22(32-27(30)31-6)14-16-28(21,4)26(23)15-17-29(24,25)5/h10,19-20,22-26H,7-9,11-18H2,1-6H3/t20-,22?,23?,24-,25?,26?,28+,29-/m1/s1. The van der Waals surface area contributed by atoms with Gasteiger partial charge in [-0.1, -0.05) is 65.5 Å². The number of fused-ring (bicyclic) bond motifs is 5. The van der Waals surface area contributed by atoms with Gasteiger partial charge in [-0.05, 0) is 91.3 Å². The second-order valence-electron chi connectivity index (χ2n) is 12.7. The molecular formula is C29H48O3. The molecule has 0 amide bonds. The molecule has 4 rings (SSSR count). The van der Waals surface area contributed by atoms with E-state index in [1.807, 2.05) is 0 Å². The van der Waals surface area contributed by atoms with Crippen molar-refractivity contribution >= 4 is 6.16 Å². The third-order valence-corrected chi connectivity index (χ3v) is 10.7. The SMILES string of the molecule is COC(=O)OC1CC[C@@]2(C)C(=CCC3C2CC[C@@]2(C)C3CC[C@@H]2[C@H](C)CCCC(C)C)C1. The summed E-state index contributed by atoms with van der Waals surface area (Å²) in [5.41, 5.74) is 2.42. The van der Waals surface area contributed by atoms with Gasteiger partial charge < -0.3 is 9.47 Å². The van der Waals surface area contributed by atoms with Crippen LogP contribution < -0.4 is 0 Å². The van der Waals surface area contributed by atoms with Crippen LogP contribution in [0.2, 0.25) is 0 Å². The van der Waals surface area contributed by atoms with Crippen molar-refractivity contribution in [2.24, 2.45) is 46.3 Å². The fourth-order valence-corrected chi connectivity index (χ4v) is 8.94. The first kappa shape index (κ1) is 24.1. The van der Waals surface area contributed by atoms with Gasteiger partial charge in [0, 0.05) is 6.42 Å². The number of ether oxygens (including phenoxy) is 2. The topological polar surface area (TPSA) is 35.5 Å². The van der Waals surface area contributed by atoms with E-state index in [0.717, 1.165) is 54.8 Å². The van der Waals surface area contributed by atoms with Crippen LogP contribution in [0.1, 0.15) is 105 Å². The lowest BCUT2D eigenvalue weighted by atomic mass is 9.47. The number of methoxy groups -OCH3 is 1. The molecule has 8 atom stereocenters. The molecule has 0 heterocycles. The van der Waals surface area contributed by atoms with Crippen LogP contribution in [-0.4, -0.2) is 19.4 Å². The maximum absolute atomic E-state index is 11.6. The van der Waals surface area contributed by atoms with Crippen molar-refractivity contribution in [3.8, 4) is 0 Å². The van der Waals surface area contributed by atoms with Crippen molar-refractivity contribution in [2.45, 2.75) is 111 Å². The largest absolute Gasteiger partial charge is 0.508 e. The molecule has 3 saturated carbocycles. The van der Waals surface area contributed by atoms with Gasteiger partial charge in [-0.25, -0.2) is 4.79 Å². The van der Waals surface area contributed by atoms with Gasteiger partial charge in [0.2, 0.25) is 0 Å². The monoisotopic (exact) mass is 444 g/mol. The number of carbonyl (C=O) groups is 1. The molecular weight excluding hydrogens is 396 g/mol. The number of carbonyl (C=O) groups excluding carboxylic acids is 1. The first-order valence-electron chi connectivity index (χ1n) is 13.6. The lowest BCUT2D eigenvalue weighted by Crippen LogP contribution is -2.51. The Hall–Kier alpha value is -0.990. The first-order valence-corrected chi connectivity index (χ1v) is 13.6. The van der Waals surface area contributed by atoms with E-state index in [2.05, 4.69) is 40.7 Å². The number of hydrogen-bond acceptors (Lipinski definition) is 3. The van der Waals surface area contributed by atoms with Gasteiger partial charge in [0.25, 0.3) is 0 Å². The zero-order chi connectivity index (χ0) is 23.1. The van der Waals surface area contributed by atoms with Crippen LogP contribution in [0.5, 0.6) is 0 Å². The molecule has 3 heteroatoms. The summed E-state index contributed by atoms with van der Waals surface area (Å²) in [7, 11) is 1.40. The van der Waals surface area contributed by atoms with Gasteiger partial charge in [0.15, 0.2) is 0 Å². The molecule has 0 bridgehead atoms. The maximum Gasteiger partial charge on any atom is 0.508 e. The van der Waals surface area contributed by atoms with E-state index in [1.165, 1.54) is 58.5 Å². The Bertz CT molecular complexity index is 711. The second kappa shape index (κ2) is 9.34. The molecule has 3 nitrogen and oxygen atoms in total. The number of rotatable bonds is 6. The lowest BCUT2D eigenvalue weighted by molar-refractivity contribution is -0.0608. The normalized spacial score (nSPS) is 41.8. The molecule has 3 fully saturated rings. The summed E-state index contributed by atoms with van der Waals surface area (Å²) in [5, 5.41) is 0. The fourth-order valence-electron chi connectivity index (χ4n) is 8.94. The Kier molecular flexibility index (Phi) is 7.04. The molecule has 182 valence electrons. The molecule has 4 aliphatic carbocycles. The van der Waals surface area contributed by atoms with Gasteiger partial charge in [0.05, 0.1) is 7.11 Å². The number of hydrogen-bond donors (Lipinski definition) is 0. The first-order chi connectivity index (χ1) is 15.2. The summed E-state index contributed by atoms with van der Waals surface area (Å²) in [6, 6.07) is 0. The van der Waals surface area contributed by atoms with E-state index in [9.17, 15) is 4.79 Å². The molecule has 0 aromatic heterocycles. The van der Waals surface area contributed by atoms with Gasteiger partial charge in [-0.3, -0.25) is 0 Å². The molecule has 0 aromatic rings. The quantitative estimate of drug-likeness (QED) is 0.306. The van der Waals surface area contributed by atoms with E-state index in [0.29, 0.717) is 10.8 Å². The maximum atomic E-state index is 11.6. The third kappa shape index (κ3) is 4.27. The Balaban J connectivity index is 1.45. The van der Waals surface area contributed by atoms with Crippen LogP contribution in [0.4, 0.5) is 4.79 Å². The molecule has 0 aliphatic heterocycles. The lowest BCUT2D eigenvalue weighted by Gasteiger charge is -2.58. The highest BCUT2D eigenvalue weighted by Crippen LogP contribution is 2.67. The minimum atomic E-state index is -0.527. The molecule has 0 N–H and O–H groups in total. The fraction of sp³-hybridized carbons (Fsp3) is 0.897. The molecule has 0 radical (unpaired) electrons. The van der Waals surface area contributed by atoms with Crippen LogP contribution >= 0.6 is 0 Å². The summed E-state index contributed by atoms with van der Waals surface area (Å²) in [6.45, 7) is 12.5.